The van der Waals surface area contributed by atoms with E-state index >= 15 is 0 Å². The Morgan fingerprint density at radius 1 is 0.968 bits per heavy atom. The summed E-state index contributed by atoms with van der Waals surface area (Å²) in [5.74, 6) is 0.618. The van der Waals surface area contributed by atoms with Crippen molar-refractivity contribution >= 4 is 11.8 Å². The van der Waals surface area contributed by atoms with Gasteiger partial charge in [0.15, 0.2) is 6.61 Å². The fourth-order valence-corrected chi connectivity index (χ4v) is 3.56. The van der Waals surface area contributed by atoms with Gasteiger partial charge in [-0.25, -0.2) is 0 Å². The lowest BCUT2D eigenvalue weighted by molar-refractivity contribution is -0.123. The van der Waals surface area contributed by atoms with Crippen LogP contribution in [0.1, 0.15) is 42.3 Å². The van der Waals surface area contributed by atoms with E-state index in [2.05, 4.69) is 38.0 Å². The van der Waals surface area contributed by atoms with Crippen LogP contribution < -0.4 is 10.1 Å². The van der Waals surface area contributed by atoms with Crippen molar-refractivity contribution < 1.29 is 14.3 Å². The summed E-state index contributed by atoms with van der Waals surface area (Å²) in [6, 6.07) is 15.2. The standard InChI is InChI=1S/C25H33N3O3/c1-25(2,3)21-7-5-6-8-22(21)31-18-23(29)26-17-19-9-11-20(12-10-19)24(30)28-15-13-27(4)14-16-28/h5-12H,13-18H2,1-4H3,(H,26,29). The van der Waals surface area contributed by atoms with E-state index in [-0.39, 0.29) is 23.8 Å². The molecule has 2 aromatic carbocycles. The fourth-order valence-electron chi connectivity index (χ4n) is 3.56. The van der Waals surface area contributed by atoms with Gasteiger partial charge in [-0.2, -0.15) is 0 Å². The minimum atomic E-state index is -0.179. The van der Waals surface area contributed by atoms with E-state index in [0.29, 0.717) is 12.1 Å². The van der Waals surface area contributed by atoms with Crippen LogP contribution in [0, 0.1) is 0 Å². The number of hydrogen-bond donors (Lipinski definition) is 1. The highest BCUT2D eigenvalue weighted by molar-refractivity contribution is 5.94. The molecule has 0 bridgehead atoms. The summed E-state index contributed by atoms with van der Waals surface area (Å²) in [7, 11) is 2.07. The van der Waals surface area contributed by atoms with Crippen molar-refractivity contribution in [3.05, 3.63) is 65.2 Å². The van der Waals surface area contributed by atoms with Gasteiger partial charge in [-0.3, -0.25) is 9.59 Å². The molecule has 166 valence electrons. The van der Waals surface area contributed by atoms with E-state index in [1.165, 1.54) is 0 Å². The Kier molecular flexibility index (Phi) is 7.33. The summed E-state index contributed by atoms with van der Waals surface area (Å²) in [4.78, 5) is 29.0. The third kappa shape index (κ3) is 6.31. The maximum atomic E-state index is 12.6. The summed E-state index contributed by atoms with van der Waals surface area (Å²) >= 11 is 0. The second-order valence-corrected chi connectivity index (χ2v) is 9.10. The summed E-state index contributed by atoms with van der Waals surface area (Å²) in [6.45, 7) is 10.0. The zero-order chi connectivity index (χ0) is 22.4. The van der Waals surface area contributed by atoms with Gasteiger partial charge in [0.05, 0.1) is 0 Å². The average Bonchev–Trinajstić information content (AvgIpc) is 2.76. The van der Waals surface area contributed by atoms with Gasteiger partial charge in [-0.15, -0.1) is 0 Å². The number of amides is 2. The molecule has 0 unspecified atom stereocenters. The van der Waals surface area contributed by atoms with E-state index in [1.807, 2.05) is 53.4 Å². The third-order valence-corrected chi connectivity index (χ3v) is 5.53. The Labute approximate surface area is 185 Å². The van der Waals surface area contributed by atoms with Crippen LogP contribution in [0.3, 0.4) is 0 Å². The average molecular weight is 424 g/mol. The lowest BCUT2D eigenvalue weighted by Gasteiger charge is -2.32. The second kappa shape index (κ2) is 9.96. The molecule has 1 N–H and O–H groups in total. The molecule has 1 saturated heterocycles. The van der Waals surface area contributed by atoms with Gasteiger partial charge in [0, 0.05) is 38.3 Å². The Hall–Kier alpha value is -2.86. The molecule has 1 heterocycles. The van der Waals surface area contributed by atoms with Crippen LogP contribution in [0.2, 0.25) is 0 Å². The Morgan fingerprint density at radius 3 is 2.26 bits per heavy atom. The van der Waals surface area contributed by atoms with Crippen LogP contribution in [0.15, 0.2) is 48.5 Å². The molecule has 0 aliphatic carbocycles. The van der Waals surface area contributed by atoms with E-state index in [1.54, 1.807) is 0 Å². The van der Waals surface area contributed by atoms with Gasteiger partial charge in [0.25, 0.3) is 11.8 Å². The zero-order valence-electron chi connectivity index (χ0n) is 19.0. The predicted molar refractivity (Wildman–Crippen MR) is 122 cm³/mol. The van der Waals surface area contributed by atoms with Crippen molar-refractivity contribution in [2.45, 2.75) is 32.7 Å². The first-order valence-electron chi connectivity index (χ1n) is 10.8. The van der Waals surface area contributed by atoms with Crippen molar-refractivity contribution in [2.75, 3.05) is 39.8 Å². The van der Waals surface area contributed by atoms with Gasteiger partial charge < -0.3 is 19.9 Å². The van der Waals surface area contributed by atoms with E-state index in [0.717, 1.165) is 43.1 Å². The number of piperazine rings is 1. The second-order valence-electron chi connectivity index (χ2n) is 9.10. The van der Waals surface area contributed by atoms with Crippen molar-refractivity contribution in [1.82, 2.24) is 15.1 Å². The number of hydrogen-bond acceptors (Lipinski definition) is 4. The molecular weight excluding hydrogens is 390 g/mol. The zero-order valence-corrected chi connectivity index (χ0v) is 19.0. The number of carbonyl (C=O) groups is 2. The molecule has 1 aliphatic heterocycles. The van der Waals surface area contributed by atoms with Crippen LogP contribution in [-0.2, 0) is 16.8 Å². The Bertz CT molecular complexity index is 895. The van der Waals surface area contributed by atoms with Gasteiger partial charge in [-0.05, 0) is 41.8 Å². The maximum Gasteiger partial charge on any atom is 0.258 e. The van der Waals surface area contributed by atoms with Gasteiger partial charge in [-0.1, -0.05) is 51.1 Å². The molecule has 0 radical (unpaired) electrons. The summed E-state index contributed by atoms with van der Waals surface area (Å²) in [5, 5.41) is 2.88. The van der Waals surface area contributed by atoms with Crippen LogP contribution in [0.4, 0.5) is 0 Å². The number of nitrogens with one attached hydrogen (secondary N) is 1. The van der Waals surface area contributed by atoms with E-state index in [4.69, 9.17) is 4.74 Å². The molecule has 1 aliphatic rings. The van der Waals surface area contributed by atoms with Gasteiger partial charge in [0.2, 0.25) is 0 Å². The number of likely N-dealkylation sites (N-methyl/N-ethyl adjacent to an activating group) is 1. The molecule has 0 aromatic heterocycles. The smallest absolute Gasteiger partial charge is 0.258 e. The highest BCUT2D eigenvalue weighted by Gasteiger charge is 2.20. The summed E-state index contributed by atoms with van der Waals surface area (Å²) < 4.78 is 5.77. The largest absolute Gasteiger partial charge is 0.483 e. The topological polar surface area (TPSA) is 61.9 Å². The predicted octanol–water partition coefficient (Wildman–Crippen LogP) is 3.07. The molecular formula is C25H33N3O3. The highest BCUT2D eigenvalue weighted by atomic mass is 16.5. The fraction of sp³-hybridized carbons (Fsp3) is 0.440. The van der Waals surface area contributed by atoms with Crippen LogP contribution in [0.25, 0.3) is 0 Å². The quantitative estimate of drug-likeness (QED) is 0.776. The van der Waals surface area contributed by atoms with E-state index < -0.39 is 0 Å². The van der Waals surface area contributed by atoms with Crippen LogP contribution in [0.5, 0.6) is 5.75 Å². The van der Waals surface area contributed by atoms with Crippen LogP contribution in [-0.4, -0.2) is 61.4 Å². The first kappa shape index (κ1) is 22.8. The van der Waals surface area contributed by atoms with Crippen LogP contribution >= 0.6 is 0 Å². The monoisotopic (exact) mass is 423 g/mol. The van der Waals surface area contributed by atoms with Gasteiger partial charge in [0.1, 0.15) is 5.75 Å². The van der Waals surface area contributed by atoms with Crippen molar-refractivity contribution in [1.29, 1.82) is 0 Å². The molecule has 2 amide bonds. The molecule has 6 nitrogen and oxygen atoms in total. The summed E-state index contributed by atoms with van der Waals surface area (Å²) in [6.07, 6.45) is 0. The van der Waals surface area contributed by atoms with Crippen molar-refractivity contribution in [3.8, 4) is 5.75 Å². The number of nitrogens with zero attached hydrogens (tertiary/aromatic N) is 2. The number of para-hydroxylation sites is 1. The molecule has 31 heavy (non-hydrogen) atoms. The first-order chi connectivity index (χ1) is 14.7. The first-order valence-corrected chi connectivity index (χ1v) is 10.8. The number of rotatable bonds is 6. The minimum Gasteiger partial charge on any atom is -0.483 e. The Balaban J connectivity index is 1.48. The maximum absolute atomic E-state index is 12.6. The lowest BCUT2D eigenvalue weighted by atomic mass is 9.86. The molecule has 0 spiro atoms. The molecule has 2 aromatic rings. The van der Waals surface area contributed by atoms with Gasteiger partial charge >= 0.3 is 0 Å². The molecule has 0 saturated carbocycles. The normalized spacial score (nSPS) is 14.9. The molecule has 6 heteroatoms. The third-order valence-electron chi connectivity index (χ3n) is 5.53. The van der Waals surface area contributed by atoms with Crippen molar-refractivity contribution in [2.24, 2.45) is 0 Å². The molecule has 0 atom stereocenters. The molecule has 3 rings (SSSR count). The Morgan fingerprint density at radius 2 is 1.61 bits per heavy atom. The SMILES string of the molecule is CN1CCN(C(=O)c2ccc(CNC(=O)COc3ccccc3C(C)(C)C)cc2)CC1. The number of benzene rings is 2. The highest BCUT2D eigenvalue weighted by Crippen LogP contribution is 2.30. The number of ether oxygens (including phenoxy) is 1. The lowest BCUT2D eigenvalue weighted by Crippen LogP contribution is -2.47. The summed E-state index contributed by atoms with van der Waals surface area (Å²) in [5.41, 5.74) is 2.64. The molecule has 1 fully saturated rings. The van der Waals surface area contributed by atoms with E-state index in [9.17, 15) is 9.59 Å². The minimum absolute atomic E-state index is 0.0347. The van der Waals surface area contributed by atoms with Crippen molar-refractivity contribution in [3.63, 3.8) is 0 Å². The number of carbonyl (C=O) groups excluding carboxylic acids is 2.